The molecule has 1 rings (SSSR count). The fourth-order valence-corrected chi connectivity index (χ4v) is 2.58. The average Bonchev–Trinajstić information content (AvgIpc) is 2.45. The van der Waals surface area contributed by atoms with Crippen LogP contribution in [0.3, 0.4) is 0 Å². The molecule has 20 heavy (non-hydrogen) atoms. The van der Waals surface area contributed by atoms with Crippen LogP contribution in [0.25, 0.3) is 0 Å². The van der Waals surface area contributed by atoms with Gasteiger partial charge in [0.05, 0.1) is 11.1 Å². The molecular weight excluding hydrogens is 277 g/mol. The first-order chi connectivity index (χ1) is 9.63. The molecule has 0 aliphatic rings. The van der Waals surface area contributed by atoms with Crippen LogP contribution in [0.15, 0.2) is 18.2 Å². The molecule has 1 N–H and O–H groups in total. The van der Waals surface area contributed by atoms with E-state index in [1.165, 1.54) is 6.07 Å². The predicted octanol–water partition coefficient (Wildman–Crippen LogP) is 4.20. The van der Waals surface area contributed by atoms with E-state index in [2.05, 4.69) is 19.2 Å². The minimum Gasteiger partial charge on any atom is -0.380 e. The molecule has 0 aromatic heterocycles. The Morgan fingerprint density at radius 2 is 2.05 bits per heavy atom. The number of halogens is 2. The Morgan fingerprint density at radius 1 is 1.30 bits per heavy atom. The Kier molecular flexibility index (Phi) is 8.12. The maximum Gasteiger partial charge on any atom is 0.142 e. The highest BCUT2D eigenvalue weighted by Gasteiger charge is 2.21. The smallest absolute Gasteiger partial charge is 0.142 e. The summed E-state index contributed by atoms with van der Waals surface area (Å²) >= 11 is 6.05. The number of hydrogen-bond acceptors (Lipinski definition) is 2. The first-order valence-electron chi connectivity index (χ1n) is 7.33. The third kappa shape index (κ3) is 5.04. The molecule has 1 aromatic carbocycles. The minimum absolute atomic E-state index is 0.117. The van der Waals surface area contributed by atoms with Crippen LogP contribution in [0.4, 0.5) is 4.39 Å². The molecule has 0 fully saturated rings. The van der Waals surface area contributed by atoms with E-state index in [4.69, 9.17) is 16.3 Å². The van der Waals surface area contributed by atoms with Gasteiger partial charge in [-0.2, -0.15) is 0 Å². The summed E-state index contributed by atoms with van der Waals surface area (Å²) in [4.78, 5) is 0. The van der Waals surface area contributed by atoms with Gasteiger partial charge in [-0.25, -0.2) is 4.39 Å². The molecule has 0 heterocycles. The predicted molar refractivity (Wildman–Crippen MR) is 82.9 cm³/mol. The van der Waals surface area contributed by atoms with E-state index >= 15 is 0 Å². The van der Waals surface area contributed by atoms with E-state index in [0.29, 0.717) is 6.42 Å². The second-order valence-corrected chi connectivity index (χ2v) is 5.42. The van der Waals surface area contributed by atoms with Crippen molar-refractivity contribution in [2.75, 3.05) is 13.7 Å². The first kappa shape index (κ1) is 17.4. The van der Waals surface area contributed by atoms with Gasteiger partial charge < -0.3 is 10.1 Å². The molecule has 114 valence electrons. The summed E-state index contributed by atoms with van der Waals surface area (Å²) in [7, 11) is 1.73. The van der Waals surface area contributed by atoms with Crippen molar-refractivity contribution in [1.82, 2.24) is 5.32 Å². The third-order valence-electron chi connectivity index (χ3n) is 3.45. The van der Waals surface area contributed by atoms with Gasteiger partial charge in [0.15, 0.2) is 0 Å². The van der Waals surface area contributed by atoms with Gasteiger partial charge in [0.1, 0.15) is 5.82 Å². The summed E-state index contributed by atoms with van der Waals surface area (Å²) in [6, 6.07) is 5.12. The molecule has 0 saturated heterocycles. The van der Waals surface area contributed by atoms with Crippen LogP contribution in [0.1, 0.15) is 38.7 Å². The van der Waals surface area contributed by atoms with Crippen LogP contribution in [0.5, 0.6) is 0 Å². The van der Waals surface area contributed by atoms with Crippen molar-refractivity contribution in [3.63, 3.8) is 0 Å². The van der Waals surface area contributed by atoms with Crippen LogP contribution >= 0.6 is 11.6 Å². The maximum atomic E-state index is 13.5. The number of benzene rings is 1. The summed E-state index contributed by atoms with van der Waals surface area (Å²) in [5, 5.41) is 3.72. The molecule has 2 atom stereocenters. The van der Waals surface area contributed by atoms with Crippen LogP contribution < -0.4 is 5.32 Å². The highest BCUT2D eigenvalue weighted by Crippen LogP contribution is 2.22. The van der Waals surface area contributed by atoms with E-state index in [9.17, 15) is 4.39 Å². The first-order valence-corrected chi connectivity index (χ1v) is 7.70. The lowest BCUT2D eigenvalue weighted by Crippen LogP contribution is -2.43. The average molecular weight is 302 g/mol. The fraction of sp³-hybridized carbons (Fsp3) is 0.625. The van der Waals surface area contributed by atoms with Crippen molar-refractivity contribution in [2.24, 2.45) is 0 Å². The monoisotopic (exact) mass is 301 g/mol. The molecular formula is C16H25ClFNO. The fourth-order valence-electron chi connectivity index (χ4n) is 2.38. The van der Waals surface area contributed by atoms with Gasteiger partial charge in [-0.1, -0.05) is 44.0 Å². The lowest BCUT2D eigenvalue weighted by molar-refractivity contribution is 0.0609. The molecule has 0 amide bonds. The van der Waals surface area contributed by atoms with Crippen molar-refractivity contribution < 1.29 is 9.13 Å². The van der Waals surface area contributed by atoms with Crippen LogP contribution in [-0.4, -0.2) is 25.8 Å². The van der Waals surface area contributed by atoms with E-state index in [0.717, 1.165) is 31.4 Å². The van der Waals surface area contributed by atoms with E-state index in [1.807, 2.05) is 6.07 Å². The summed E-state index contributed by atoms with van der Waals surface area (Å²) in [6.07, 6.45) is 3.88. The van der Waals surface area contributed by atoms with Crippen molar-refractivity contribution in [2.45, 2.75) is 51.7 Å². The van der Waals surface area contributed by atoms with Gasteiger partial charge in [-0.05, 0) is 37.4 Å². The zero-order valence-electron chi connectivity index (χ0n) is 12.6. The SMILES string of the molecule is CCCNC(Cc1cccc(F)c1Cl)C(CCC)OC. The number of nitrogens with one attached hydrogen (secondary N) is 1. The van der Waals surface area contributed by atoms with Gasteiger partial charge in [0, 0.05) is 13.2 Å². The lowest BCUT2D eigenvalue weighted by Gasteiger charge is -2.27. The molecule has 0 saturated carbocycles. The van der Waals surface area contributed by atoms with Crippen LogP contribution in [0, 0.1) is 5.82 Å². The lowest BCUT2D eigenvalue weighted by atomic mass is 9.98. The van der Waals surface area contributed by atoms with Gasteiger partial charge >= 0.3 is 0 Å². The Bertz CT molecular complexity index is 400. The summed E-state index contributed by atoms with van der Waals surface area (Å²) < 4.78 is 19.1. The molecule has 1 aromatic rings. The van der Waals surface area contributed by atoms with E-state index < -0.39 is 0 Å². The highest BCUT2D eigenvalue weighted by molar-refractivity contribution is 6.31. The Morgan fingerprint density at radius 3 is 2.65 bits per heavy atom. The number of hydrogen-bond donors (Lipinski definition) is 1. The normalized spacial score (nSPS) is 14.2. The number of ether oxygens (including phenoxy) is 1. The zero-order valence-corrected chi connectivity index (χ0v) is 13.3. The molecule has 2 unspecified atom stereocenters. The van der Waals surface area contributed by atoms with E-state index in [1.54, 1.807) is 13.2 Å². The summed E-state index contributed by atoms with van der Waals surface area (Å²) in [6.45, 7) is 5.18. The zero-order chi connectivity index (χ0) is 15.0. The highest BCUT2D eigenvalue weighted by atomic mass is 35.5. The second kappa shape index (κ2) is 9.32. The molecule has 4 heteroatoms. The van der Waals surface area contributed by atoms with Gasteiger partial charge in [-0.3, -0.25) is 0 Å². The van der Waals surface area contributed by atoms with Crippen LogP contribution in [-0.2, 0) is 11.2 Å². The van der Waals surface area contributed by atoms with E-state index in [-0.39, 0.29) is 23.0 Å². The Hall–Kier alpha value is -0.640. The molecule has 0 spiro atoms. The van der Waals surface area contributed by atoms with Crippen molar-refractivity contribution in [3.8, 4) is 0 Å². The third-order valence-corrected chi connectivity index (χ3v) is 3.88. The van der Waals surface area contributed by atoms with Gasteiger partial charge in [0.2, 0.25) is 0 Å². The van der Waals surface area contributed by atoms with Crippen molar-refractivity contribution in [3.05, 3.63) is 34.6 Å². The molecule has 0 aliphatic carbocycles. The Labute approximate surface area is 126 Å². The molecule has 0 radical (unpaired) electrons. The van der Waals surface area contributed by atoms with Crippen LogP contribution in [0.2, 0.25) is 5.02 Å². The van der Waals surface area contributed by atoms with Gasteiger partial charge in [0.25, 0.3) is 0 Å². The largest absolute Gasteiger partial charge is 0.380 e. The second-order valence-electron chi connectivity index (χ2n) is 5.04. The topological polar surface area (TPSA) is 21.3 Å². The van der Waals surface area contributed by atoms with Gasteiger partial charge in [-0.15, -0.1) is 0 Å². The maximum absolute atomic E-state index is 13.5. The minimum atomic E-state index is -0.358. The van der Waals surface area contributed by atoms with Crippen molar-refractivity contribution >= 4 is 11.6 Å². The molecule has 0 bridgehead atoms. The quantitative estimate of drug-likeness (QED) is 0.738. The number of rotatable bonds is 9. The Balaban J connectivity index is 2.84. The summed E-state index contributed by atoms with van der Waals surface area (Å²) in [5.74, 6) is -0.358. The molecule has 2 nitrogen and oxygen atoms in total. The van der Waals surface area contributed by atoms with Crippen molar-refractivity contribution in [1.29, 1.82) is 0 Å². The standard InChI is InChI=1S/C16H25ClFNO/c1-4-7-15(20-3)14(19-10-5-2)11-12-8-6-9-13(18)16(12)17/h6,8-9,14-15,19H,4-5,7,10-11H2,1-3H3. The summed E-state index contributed by atoms with van der Waals surface area (Å²) in [5.41, 5.74) is 0.832. The molecule has 0 aliphatic heterocycles. The number of methoxy groups -OCH3 is 1.